The number of ether oxygens (including phenoxy) is 1. The molecule has 3 rings (SSSR count). The topological polar surface area (TPSA) is 161 Å². The second-order valence-corrected chi connectivity index (χ2v) is 6.94. The van der Waals surface area contributed by atoms with Crippen LogP contribution in [0.5, 0.6) is 5.75 Å². The van der Waals surface area contributed by atoms with Crippen molar-refractivity contribution in [3.05, 3.63) is 41.0 Å². The first-order valence-electron chi connectivity index (χ1n) is 9.31. The van der Waals surface area contributed by atoms with Crippen molar-refractivity contribution in [3.63, 3.8) is 0 Å². The molecule has 154 valence electrons. The molecule has 0 saturated carbocycles. The number of pyridine rings is 1. The first kappa shape index (κ1) is 20.7. The Kier molecular flexibility index (Phi) is 6.20. The Hall–Kier alpha value is -4.02. The number of anilines is 3. The fourth-order valence-electron chi connectivity index (χ4n) is 3.21. The lowest BCUT2D eigenvalue weighted by Crippen LogP contribution is -2.33. The SMILES string of the molecule is CN(C)CCCOc1ccccc1C1N=C(NC#N)Nc2nc(N)c(C#N)c(N)c21. The minimum Gasteiger partial charge on any atom is -0.493 e. The number of nitrogens with one attached hydrogen (secondary N) is 2. The van der Waals surface area contributed by atoms with Crippen LogP contribution in [0.2, 0.25) is 0 Å². The number of benzene rings is 1. The molecule has 0 bridgehead atoms. The molecule has 1 aliphatic rings. The zero-order valence-electron chi connectivity index (χ0n) is 16.8. The summed E-state index contributed by atoms with van der Waals surface area (Å²) in [5, 5.41) is 23.9. The van der Waals surface area contributed by atoms with E-state index in [1.54, 1.807) is 0 Å². The highest BCUT2D eigenvalue weighted by Crippen LogP contribution is 2.43. The summed E-state index contributed by atoms with van der Waals surface area (Å²) in [6, 6.07) is 8.82. The van der Waals surface area contributed by atoms with Gasteiger partial charge in [-0.1, -0.05) is 18.2 Å². The molecule has 10 heteroatoms. The molecular formula is C20H23N9O. The number of aromatic nitrogens is 1. The summed E-state index contributed by atoms with van der Waals surface area (Å²) in [6.45, 7) is 1.42. The van der Waals surface area contributed by atoms with Gasteiger partial charge in [0.05, 0.1) is 12.3 Å². The molecule has 10 nitrogen and oxygen atoms in total. The zero-order valence-corrected chi connectivity index (χ0v) is 16.8. The number of fused-ring (bicyclic) bond motifs is 1. The lowest BCUT2D eigenvalue weighted by atomic mass is 9.94. The fraction of sp³-hybridized carbons (Fsp3) is 0.300. The molecule has 1 atom stereocenters. The normalized spacial score (nSPS) is 14.7. The summed E-state index contributed by atoms with van der Waals surface area (Å²) in [6.07, 6.45) is 2.69. The van der Waals surface area contributed by atoms with Crippen molar-refractivity contribution in [2.24, 2.45) is 4.99 Å². The lowest BCUT2D eigenvalue weighted by Gasteiger charge is -2.27. The van der Waals surface area contributed by atoms with Crippen LogP contribution in [0.15, 0.2) is 29.3 Å². The average Bonchev–Trinajstić information content (AvgIpc) is 2.71. The van der Waals surface area contributed by atoms with Crippen LogP contribution in [-0.2, 0) is 0 Å². The van der Waals surface area contributed by atoms with E-state index in [9.17, 15) is 5.26 Å². The third kappa shape index (κ3) is 4.19. The van der Waals surface area contributed by atoms with Gasteiger partial charge in [0.25, 0.3) is 0 Å². The smallest absolute Gasteiger partial charge is 0.211 e. The van der Waals surface area contributed by atoms with Crippen LogP contribution in [0.25, 0.3) is 0 Å². The molecule has 0 aliphatic carbocycles. The maximum atomic E-state index is 9.45. The Morgan fingerprint density at radius 1 is 1.27 bits per heavy atom. The molecule has 0 radical (unpaired) electrons. The van der Waals surface area contributed by atoms with Gasteiger partial charge in [0.1, 0.15) is 35.1 Å². The third-order valence-electron chi connectivity index (χ3n) is 4.58. The summed E-state index contributed by atoms with van der Waals surface area (Å²) in [5.41, 5.74) is 13.7. The van der Waals surface area contributed by atoms with Crippen LogP contribution in [0.1, 0.15) is 29.2 Å². The van der Waals surface area contributed by atoms with Gasteiger partial charge >= 0.3 is 0 Å². The molecule has 30 heavy (non-hydrogen) atoms. The number of nitrogens with zero attached hydrogens (tertiary/aromatic N) is 5. The molecule has 6 N–H and O–H groups in total. The number of nitrogen functional groups attached to an aromatic ring is 2. The predicted molar refractivity (Wildman–Crippen MR) is 115 cm³/mol. The number of rotatable bonds is 6. The van der Waals surface area contributed by atoms with E-state index in [0.29, 0.717) is 23.7 Å². The van der Waals surface area contributed by atoms with Crippen molar-refractivity contribution in [1.82, 2.24) is 15.2 Å². The highest BCUT2D eigenvalue weighted by Gasteiger charge is 2.31. The minimum atomic E-state index is -0.637. The molecule has 0 fully saturated rings. The van der Waals surface area contributed by atoms with E-state index in [4.69, 9.17) is 21.5 Å². The first-order valence-corrected chi connectivity index (χ1v) is 9.31. The number of para-hydroxylation sites is 1. The maximum absolute atomic E-state index is 9.45. The Morgan fingerprint density at radius 2 is 2.03 bits per heavy atom. The van der Waals surface area contributed by atoms with Gasteiger partial charge in [0.2, 0.25) is 5.96 Å². The first-order chi connectivity index (χ1) is 14.5. The van der Waals surface area contributed by atoms with E-state index >= 15 is 0 Å². The highest BCUT2D eigenvalue weighted by molar-refractivity contribution is 5.98. The standard InChI is InChI=1S/C20H23N9O/c1-29(2)8-5-9-30-14-7-4-3-6-12(14)17-15-16(23)13(10-21)18(24)27-19(15)28-20(26-17)25-11-22/h3-4,6-7,17H,5,8-9H2,1-2H3,(H6,23,24,25,26,27,28). The van der Waals surface area contributed by atoms with E-state index in [2.05, 4.69) is 25.5 Å². The Labute approximate surface area is 174 Å². The third-order valence-corrected chi connectivity index (χ3v) is 4.58. The Morgan fingerprint density at radius 3 is 2.73 bits per heavy atom. The van der Waals surface area contributed by atoms with Gasteiger partial charge in [-0.15, -0.1) is 0 Å². The number of nitriles is 2. The fourth-order valence-corrected chi connectivity index (χ4v) is 3.21. The van der Waals surface area contributed by atoms with Crippen molar-refractivity contribution in [3.8, 4) is 18.0 Å². The molecule has 2 aromatic rings. The predicted octanol–water partition coefficient (Wildman–Crippen LogP) is 1.39. The monoisotopic (exact) mass is 405 g/mol. The second kappa shape index (κ2) is 8.99. The number of hydrogen-bond acceptors (Lipinski definition) is 10. The molecular weight excluding hydrogens is 382 g/mol. The van der Waals surface area contributed by atoms with Crippen LogP contribution in [0.3, 0.4) is 0 Å². The van der Waals surface area contributed by atoms with E-state index in [1.807, 2.05) is 50.6 Å². The van der Waals surface area contributed by atoms with Crippen LogP contribution >= 0.6 is 0 Å². The highest BCUT2D eigenvalue weighted by atomic mass is 16.5. The van der Waals surface area contributed by atoms with E-state index in [-0.39, 0.29) is 23.0 Å². The van der Waals surface area contributed by atoms with Crippen LogP contribution in [0.4, 0.5) is 17.3 Å². The summed E-state index contributed by atoms with van der Waals surface area (Å²) < 4.78 is 6.02. The summed E-state index contributed by atoms with van der Waals surface area (Å²) in [4.78, 5) is 10.9. The molecule has 0 spiro atoms. The van der Waals surface area contributed by atoms with Gasteiger partial charge in [-0.05, 0) is 26.6 Å². The van der Waals surface area contributed by atoms with Crippen molar-refractivity contribution in [2.45, 2.75) is 12.5 Å². The van der Waals surface area contributed by atoms with Crippen molar-refractivity contribution < 1.29 is 4.74 Å². The van der Waals surface area contributed by atoms with Crippen LogP contribution < -0.4 is 26.8 Å². The largest absolute Gasteiger partial charge is 0.493 e. The molecule has 1 aliphatic heterocycles. The second-order valence-electron chi connectivity index (χ2n) is 6.94. The van der Waals surface area contributed by atoms with E-state index < -0.39 is 6.04 Å². The van der Waals surface area contributed by atoms with Gasteiger partial charge in [0, 0.05) is 17.7 Å². The van der Waals surface area contributed by atoms with Crippen molar-refractivity contribution >= 4 is 23.3 Å². The Balaban J connectivity index is 2.06. The number of nitrogens with two attached hydrogens (primary N) is 2. The molecule has 2 heterocycles. The van der Waals surface area contributed by atoms with Gasteiger partial charge in [-0.25, -0.2) is 9.98 Å². The number of hydrogen-bond donors (Lipinski definition) is 4. The van der Waals surface area contributed by atoms with Crippen molar-refractivity contribution in [2.75, 3.05) is 44.0 Å². The molecule has 1 unspecified atom stereocenters. The summed E-state index contributed by atoms with van der Waals surface area (Å²) in [7, 11) is 4.01. The van der Waals surface area contributed by atoms with Crippen molar-refractivity contribution in [1.29, 1.82) is 10.5 Å². The van der Waals surface area contributed by atoms with Crippen LogP contribution in [0, 0.1) is 22.8 Å². The van der Waals surface area contributed by atoms with E-state index in [1.165, 1.54) is 0 Å². The molecule has 1 aromatic carbocycles. The van der Waals surface area contributed by atoms with Gasteiger partial charge < -0.3 is 26.4 Å². The minimum absolute atomic E-state index is 0.00595. The van der Waals surface area contributed by atoms with E-state index in [0.717, 1.165) is 18.5 Å². The number of guanidine groups is 1. The quantitative estimate of drug-likeness (QED) is 0.316. The molecule has 1 aromatic heterocycles. The van der Waals surface area contributed by atoms with Gasteiger partial charge in [-0.3, -0.25) is 5.32 Å². The van der Waals surface area contributed by atoms with Gasteiger partial charge in [0.15, 0.2) is 6.19 Å². The Bertz CT molecular complexity index is 1050. The van der Waals surface area contributed by atoms with Gasteiger partial charge in [-0.2, -0.15) is 10.5 Å². The molecule has 0 saturated heterocycles. The maximum Gasteiger partial charge on any atom is 0.211 e. The number of aliphatic imine (C=N–C) groups is 1. The zero-order chi connectivity index (χ0) is 21.7. The molecule has 0 amide bonds. The lowest BCUT2D eigenvalue weighted by molar-refractivity contribution is 0.279. The summed E-state index contributed by atoms with van der Waals surface area (Å²) >= 11 is 0. The summed E-state index contributed by atoms with van der Waals surface area (Å²) in [5.74, 6) is 1.19. The average molecular weight is 405 g/mol. The van der Waals surface area contributed by atoms with Crippen LogP contribution in [-0.4, -0.2) is 43.1 Å².